The number of carbonyl (C=O) groups is 1. The van der Waals surface area contributed by atoms with Gasteiger partial charge in [-0.1, -0.05) is 0 Å². The number of ether oxygens (including phenoxy) is 2. The van der Waals surface area contributed by atoms with Gasteiger partial charge in [0.25, 0.3) is 5.91 Å². The van der Waals surface area contributed by atoms with Crippen LogP contribution in [0.2, 0.25) is 0 Å². The summed E-state index contributed by atoms with van der Waals surface area (Å²) in [4.78, 5) is 19.1. The molecule has 0 unspecified atom stereocenters. The molecular weight excluding hydrogens is 325 g/mol. The molecule has 2 aromatic rings. The molecular formula is C18H22FN3O3. The van der Waals surface area contributed by atoms with Crippen LogP contribution in [0.15, 0.2) is 24.5 Å². The Balaban J connectivity index is 1.89. The maximum atomic E-state index is 14.0. The lowest BCUT2D eigenvalue weighted by molar-refractivity contribution is 0.0386. The molecule has 0 spiro atoms. The lowest BCUT2D eigenvalue weighted by Crippen LogP contribution is -2.47. The van der Waals surface area contributed by atoms with Crippen LogP contribution < -0.4 is 4.74 Å². The number of carbonyl (C=O) groups excluding carboxylic acids is 1. The number of imidazole rings is 1. The van der Waals surface area contributed by atoms with E-state index in [0.29, 0.717) is 31.7 Å². The van der Waals surface area contributed by atoms with E-state index >= 15 is 0 Å². The number of nitrogens with zero attached hydrogens (tertiary/aromatic N) is 3. The molecule has 25 heavy (non-hydrogen) atoms. The zero-order valence-corrected chi connectivity index (χ0v) is 14.7. The molecule has 1 aromatic carbocycles. The Morgan fingerprint density at radius 1 is 1.44 bits per heavy atom. The maximum Gasteiger partial charge on any atom is 0.254 e. The minimum atomic E-state index is -0.551. The van der Waals surface area contributed by atoms with E-state index in [-0.39, 0.29) is 17.7 Å². The molecule has 3 rings (SSSR count). The molecule has 0 saturated carbocycles. The Kier molecular flexibility index (Phi) is 5.03. The summed E-state index contributed by atoms with van der Waals surface area (Å²) in [6.45, 7) is 3.32. The Morgan fingerprint density at radius 2 is 2.24 bits per heavy atom. The quantitative estimate of drug-likeness (QED) is 0.832. The first kappa shape index (κ1) is 17.4. The van der Waals surface area contributed by atoms with Crippen molar-refractivity contribution in [2.75, 3.05) is 20.3 Å². The maximum absolute atomic E-state index is 14.0. The zero-order valence-electron chi connectivity index (χ0n) is 14.7. The second-order valence-corrected chi connectivity index (χ2v) is 6.05. The van der Waals surface area contributed by atoms with Crippen molar-refractivity contribution in [1.82, 2.24) is 14.5 Å². The molecule has 134 valence electrons. The normalized spacial score (nSPS) is 16.6. The Morgan fingerprint density at radius 3 is 2.92 bits per heavy atom. The number of fused-ring (bicyclic) bond motifs is 1. The van der Waals surface area contributed by atoms with Gasteiger partial charge in [-0.3, -0.25) is 4.79 Å². The van der Waals surface area contributed by atoms with Gasteiger partial charge < -0.3 is 18.9 Å². The lowest BCUT2D eigenvalue weighted by atomic mass is 10.0. The molecule has 2 heterocycles. The van der Waals surface area contributed by atoms with E-state index in [9.17, 15) is 9.18 Å². The van der Waals surface area contributed by atoms with Crippen LogP contribution in [0, 0.1) is 5.82 Å². The number of amides is 1. The van der Waals surface area contributed by atoms with Crippen molar-refractivity contribution in [2.45, 2.75) is 25.9 Å². The van der Waals surface area contributed by atoms with Crippen LogP contribution in [0.3, 0.4) is 0 Å². The molecule has 0 aliphatic carbocycles. The summed E-state index contributed by atoms with van der Waals surface area (Å²) in [5.74, 6) is -0.666. The van der Waals surface area contributed by atoms with Crippen molar-refractivity contribution < 1.29 is 18.7 Å². The fourth-order valence-corrected chi connectivity index (χ4v) is 3.13. The number of aromatic nitrogens is 2. The number of aryl methyl sites for hydroxylation is 1. The Bertz CT molecular complexity index is 775. The van der Waals surface area contributed by atoms with Gasteiger partial charge in [-0.2, -0.15) is 0 Å². The summed E-state index contributed by atoms with van der Waals surface area (Å²) in [5, 5.41) is 0. The van der Waals surface area contributed by atoms with Gasteiger partial charge in [-0.05, 0) is 25.1 Å². The highest BCUT2D eigenvalue weighted by Gasteiger charge is 2.33. The topological polar surface area (TPSA) is 56.6 Å². The van der Waals surface area contributed by atoms with E-state index in [1.165, 1.54) is 19.2 Å². The van der Waals surface area contributed by atoms with Gasteiger partial charge in [-0.15, -0.1) is 0 Å². The highest BCUT2D eigenvalue weighted by Crippen LogP contribution is 2.26. The minimum absolute atomic E-state index is 0.111. The summed E-state index contributed by atoms with van der Waals surface area (Å²) < 4.78 is 26.4. The van der Waals surface area contributed by atoms with Crippen molar-refractivity contribution in [3.8, 4) is 5.75 Å². The van der Waals surface area contributed by atoms with E-state index < -0.39 is 5.82 Å². The first-order valence-corrected chi connectivity index (χ1v) is 8.26. The second kappa shape index (κ2) is 7.23. The van der Waals surface area contributed by atoms with Gasteiger partial charge in [0.2, 0.25) is 0 Å². The summed E-state index contributed by atoms with van der Waals surface area (Å²) in [7, 11) is 3.34. The van der Waals surface area contributed by atoms with E-state index in [1.807, 2.05) is 18.5 Å². The van der Waals surface area contributed by atoms with Crippen LogP contribution in [0.25, 0.3) is 0 Å². The second-order valence-electron chi connectivity index (χ2n) is 6.05. The third kappa shape index (κ3) is 3.37. The molecule has 0 radical (unpaired) electrons. The molecule has 1 aromatic heterocycles. The van der Waals surface area contributed by atoms with Gasteiger partial charge in [0.05, 0.1) is 38.3 Å². The highest BCUT2D eigenvalue weighted by atomic mass is 19.1. The summed E-state index contributed by atoms with van der Waals surface area (Å²) in [6.07, 6.45) is 2.42. The lowest BCUT2D eigenvalue weighted by Gasteiger charge is -2.35. The van der Waals surface area contributed by atoms with Gasteiger partial charge in [0, 0.05) is 31.3 Å². The summed E-state index contributed by atoms with van der Waals surface area (Å²) in [6, 6.07) is 4.15. The predicted molar refractivity (Wildman–Crippen MR) is 90.0 cm³/mol. The average molecular weight is 347 g/mol. The zero-order chi connectivity index (χ0) is 18.0. The first-order valence-electron chi connectivity index (χ1n) is 8.26. The number of hydrogen-bond acceptors (Lipinski definition) is 4. The monoisotopic (exact) mass is 347 g/mol. The van der Waals surface area contributed by atoms with Crippen molar-refractivity contribution in [3.63, 3.8) is 0 Å². The fourth-order valence-electron chi connectivity index (χ4n) is 3.13. The molecule has 1 aliphatic heterocycles. The fraction of sp³-hybridized carbons (Fsp3) is 0.444. The standard InChI is InChI=1S/C18H22FN3O3/c1-4-25-10-13-8-16-15(20-11-21(16)2)9-22(13)18(23)12-5-6-17(24-3)14(19)7-12/h5-7,11,13H,4,8-10H2,1-3H3/t13-/m0/s1. The molecule has 6 nitrogen and oxygen atoms in total. The molecule has 1 aliphatic rings. The molecule has 1 amide bonds. The molecule has 0 N–H and O–H groups in total. The van der Waals surface area contributed by atoms with Gasteiger partial charge in [0.15, 0.2) is 11.6 Å². The number of hydrogen-bond donors (Lipinski definition) is 0. The van der Waals surface area contributed by atoms with Gasteiger partial charge in [-0.25, -0.2) is 9.37 Å². The number of halogens is 1. The minimum Gasteiger partial charge on any atom is -0.494 e. The highest BCUT2D eigenvalue weighted by molar-refractivity contribution is 5.94. The van der Waals surface area contributed by atoms with Crippen LogP contribution >= 0.6 is 0 Å². The van der Waals surface area contributed by atoms with Crippen molar-refractivity contribution in [2.24, 2.45) is 7.05 Å². The third-order valence-corrected chi connectivity index (χ3v) is 4.51. The first-order chi connectivity index (χ1) is 12.0. The average Bonchev–Trinajstić information content (AvgIpc) is 2.98. The van der Waals surface area contributed by atoms with E-state index in [0.717, 1.165) is 11.4 Å². The molecule has 0 saturated heterocycles. The van der Waals surface area contributed by atoms with E-state index in [4.69, 9.17) is 9.47 Å². The summed E-state index contributed by atoms with van der Waals surface area (Å²) in [5.41, 5.74) is 2.27. The number of methoxy groups -OCH3 is 1. The van der Waals surface area contributed by atoms with Crippen LogP contribution in [-0.2, 0) is 24.8 Å². The molecule has 0 bridgehead atoms. The van der Waals surface area contributed by atoms with Gasteiger partial charge in [0.1, 0.15) is 0 Å². The molecule has 1 atom stereocenters. The van der Waals surface area contributed by atoms with Crippen LogP contribution in [0.5, 0.6) is 5.75 Å². The Labute approximate surface area is 146 Å². The van der Waals surface area contributed by atoms with Crippen LogP contribution in [0.4, 0.5) is 4.39 Å². The van der Waals surface area contributed by atoms with E-state index in [1.54, 1.807) is 17.3 Å². The summed E-state index contributed by atoms with van der Waals surface area (Å²) >= 11 is 0. The third-order valence-electron chi connectivity index (χ3n) is 4.51. The van der Waals surface area contributed by atoms with Crippen molar-refractivity contribution in [1.29, 1.82) is 0 Å². The largest absolute Gasteiger partial charge is 0.494 e. The van der Waals surface area contributed by atoms with Gasteiger partial charge >= 0.3 is 0 Å². The molecule has 7 heteroatoms. The van der Waals surface area contributed by atoms with Crippen LogP contribution in [-0.4, -0.2) is 46.7 Å². The van der Waals surface area contributed by atoms with Crippen LogP contribution in [0.1, 0.15) is 28.7 Å². The number of rotatable bonds is 5. The van der Waals surface area contributed by atoms with Crippen molar-refractivity contribution in [3.05, 3.63) is 47.3 Å². The van der Waals surface area contributed by atoms with E-state index in [2.05, 4.69) is 4.98 Å². The molecule has 0 fully saturated rings. The number of benzene rings is 1. The smallest absolute Gasteiger partial charge is 0.254 e. The van der Waals surface area contributed by atoms with Crippen molar-refractivity contribution >= 4 is 5.91 Å². The SMILES string of the molecule is CCOC[C@@H]1Cc2c(ncn2C)CN1C(=O)c1ccc(OC)c(F)c1. The Hall–Kier alpha value is -2.41. The predicted octanol–water partition coefficient (Wildman–Crippen LogP) is 2.17.